The first-order valence-corrected chi connectivity index (χ1v) is 10.1. The average molecular weight is 421 g/mol. The van der Waals surface area contributed by atoms with Crippen molar-refractivity contribution < 1.29 is 9.59 Å². The van der Waals surface area contributed by atoms with Crippen LogP contribution in [0.2, 0.25) is 10.0 Å². The van der Waals surface area contributed by atoms with Gasteiger partial charge >= 0.3 is 0 Å². The van der Waals surface area contributed by atoms with Gasteiger partial charge in [-0.2, -0.15) is 0 Å². The zero-order valence-corrected chi connectivity index (χ0v) is 18.0. The number of hydrogen-bond acceptors (Lipinski definition) is 2. The van der Waals surface area contributed by atoms with E-state index in [2.05, 4.69) is 5.32 Å². The van der Waals surface area contributed by atoms with Gasteiger partial charge in [0.05, 0.1) is 16.5 Å². The van der Waals surface area contributed by atoms with E-state index in [1.807, 2.05) is 38.1 Å². The van der Waals surface area contributed by atoms with Gasteiger partial charge in [-0.15, -0.1) is 0 Å². The number of benzene rings is 2. The van der Waals surface area contributed by atoms with Crippen LogP contribution in [0.25, 0.3) is 0 Å². The molecular formula is C22H26Cl2N2O2. The summed E-state index contributed by atoms with van der Waals surface area (Å²) < 4.78 is 0. The van der Waals surface area contributed by atoms with Gasteiger partial charge in [0.2, 0.25) is 11.8 Å². The maximum Gasteiger partial charge on any atom is 0.242 e. The van der Waals surface area contributed by atoms with Gasteiger partial charge in [-0.1, -0.05) is 66.0 Å². The minimum absolute atomic E-state index is 0.141. The van der Waals surface area contributed by atoms with Crippen LogP contribution in [0.1, 0.15) is 37.0 Å². The molecule has 0 aliphatic carbocycles. The molecule has 0 saturated heterocycles. The molecule has 6 heteroatoms. The fourth-order valence-corrected chi connectivity index (χ4v) is 3.12. The third-order valence-corrected chi connectivity index (χ3v) is 5.27. The van der Waals surface area contributed by atoms with Gasteiger partial charge in [-0.25, -0.2) is 0 Å². The third-order valence-electron chi connectivity index (χ3n) is 4.53. The molecule has 0 aliphatic rings. The zero-order valence-electron chi connectivity index (χ0n) is 16.5. The quantitative estimate of drug-likeness (QED) is 0.667. The Kier molecular flexibility index (Phi) is 8.34. The van der Waals surface area contributed by atoms with Crippen LogP contribution >= 0.6 is 23.2 Å². The van der Waals surface area contributed by atoms with E-state index in [4.69, 9.17) is 23.2 Å². The van der Waals surface area contributed by atoms with Gasteiger partial charge in [-0.3, -0.25) is 9.59 Å². The largest absolute Gasteiger partial charge is 0.354 e. The highest BCUT2D eigenvalue weighted by molar-refractivity contribution is 6.42. The van der Waals surface area contributed by atoms with Gasteiger partial charge < -0.3 is 10.2 Å². The van der Waals surface area contributed by atoms with Crippen molar-refractivity contribution in [1.82, 2.24) is 10.2 Å². The normalized spacial score (nSPS) is 11.8. The SMILES string of the molecule is CCCNC(=O)[C@@H](C)N(Cc1ccc(C)cc1)C(=O)Cc1ccc(Cl)c(Cl)c1. The molecule has 2 amide bonds. The van der Waals surface area contributed by atoms with Gasteiger partial charge in [0.1, 0.15) is 6.04 Å². The molecule has 0 aromatic heterocycles. The summed E-state index contributed by atoms with van der Waals surface area (Å²) >= 11 is 12.0. The van der Waals surface area contributed by atoms with Crippen molar-refractivity contribution in [1.29, 1.82) is 0 Å². The van der Waals surface area contributed by atoms with Gasteiger partial charge in [-0.05, 0) is 43.5 Å². The molecule has 1 atom stereocenters. The number of carbonyl (C=O) groups is 2. The average Bonchev–Trinajstić information content (AvgIpc) is 2.67. The molecule has 0 heterocycles. The lowest BCUT2D eigenvalue weighted by molar-refractivity contribution is -0.140. The highest BCUT2D eigenvalue weighted by atomic mass is 35.5. The van der Waals surface area contributed by atoms with E-state index in [9.17, 15) is 9.59 Å². The fraction of sp³-hybridized carbons (Fsp3) is 0.364. The van der Waals surface area contributed by atoms with E-state index < -0.39 is 6.04 Å². The maximum atomic E-state index is 13.1. The summed E-state index contributed by atoms with van der Waals surface area (Å²) in [5, 5.41) is 3.73. The highest BCUT2D eigenvalue weighted by Gasteiger charge is 2.26. The van der Waals surface area contributed by atoms with E-state index in [1.165, 1.54) is 0 Å². The summed E-state index contributed by atoms with van der Waals surface area (Å²) in [4.78, 5) is 27.2. The van der Waals surface area contributed by atoms with E-state index in [0.29, 0.717) is 23.1 Å². The number of rotatable bonds is 8. The number of nitrogens with zero attached hydrogens (tertiary/aromatic N) is 1. The third kappa shape index (κ3) is 6.25. The van der Waals surface area contributed by atoms with E-state index in [-0.39, 0.29) is 18.2 Å². The fourth-order valence-electron chi connectivity index (χ4n) is 2.79. The molecule has 150 valence electrons. The van der Waals surface area contributed by atoms with E-state index in [1.54, 1.807) is 30.0 Å². The summed E-state index contributed by atoms with van der Waals surface area (Å²) in [6.07, 6.45) is 0.988. The van der Waals surface area contributed by atoms with Crippen molar-refractivity contribution in [2.45, 2.75) is 46.2 Å². The summed E-state index contributed by atoms with van der Waals surface area (Å²) in [7, 11) is 0. The van der Waals surface area contributed by atoms with Crippen LogP contribution in [0.5, 0.6) is 0 Å². The smallest absolute Gasteiger partial charge is 0.242 e. The van der Waals surface area contributed by atoms with Crippen LogP contribution in [0, 0.1) is 6.92 Å². The van der Waals surface area contributed by atoms with Crippen molar-refractivity contribution in [3.8, 4) is 0 Å². The first-order chi connectivity index (χ1) is 13.3. The van der Waals surface area contributed by atoms with Crippen LogP contribution in [-0.2, 0) is 22.6 Å². The van der Waals surface area contributed by atoms with Crippen molar-refractivity contribution >= 4 is 35.0 Å². The molecule has 0 saturated carbocycles. The molecule has 2 aromatic carbocycles. The molecule has 0 fully saturated rings. The molecule has 4 nitrogen and oxygen atoms in total. The van der Waals surface area contributed by atoms with Crippen LogP contribution in [0.4, 0.5) is 0 Å². The van der Waals surface area contributed by atoms with Gasteiger partial charge in [0.15, 0.2) is 0 Å². The Morgan fingerprint density at radius 1 is 1.04 bits per heavy atom. The van der Waals surface area contributed by atoms with E-state index >= 15 is 0 Å². The second-order valence-electron chi connectivity index (χ2n) is 6.90. The number of nitrogens with one attached hydrogen (secondary N) is 1. The zero-order chi connectivity index (χ0) is 20.7. The molecule has 2 aromatic rings. The number of halogens is 2. The maximum absolute atomic E-state index is 13.1. The molecule has 0 unspecified atom stereocenters. The Balaban J connectivity index is 2.21. The minimum Gasteiger partial charge on any atom is -0.354 e. The van der Waals surface area contributed by atoms with Crippen molar-refractivity contribution in [3.63, 3.8) is 0 Å². The van der Waals surface area contributed by atoms with Crippen molar-refractivity contribution in [2.75, 3.05) is 6.54 Å². The summed E-state index contributed by atoms with van der Waals surface area (Å²) in [6.45, 7) is 6.71. The van der Waals surface area contributed by atoms with Crippen LogP contribution < -0.4 is 5.32 Å². The molecule has 0 radical (unpaired) electrons. The highest BCUT2D eigenvalue weighted by Crippen LogP contribution is 2.23. The van der Waals surface area contributed by atoms with Crippen molar-refractivity contribution in [2.24, 2.45) is 0 Å². The molecule has 1 N–H and O–H groups in total. The first-order valence-electron chi connectivity index (χ1n) is 9.38. The number of aryl methyl sites for hydroxylation is 1. The van der Waals surface area contributed by atoms with Crippen LogP contribution in [0.15, 0.2) is 42.5 Å². The first kappa shape index (κ1) is 22.3. The number of amides is 2. The Morgan fingerprint density at radius 3 is 2.29 bits per heavy atom. The summed E-state index contributed by atoms with van der Waals surface area (Å²) in [5.41, 5.74) is 2.88. The monoisotopic (exact) mass is 420 g/mol. The van der Waals surface area contributed by atoms with Crippen LogP contribution in [-0.4, -0.2) is 29.3 Å². The second-order valence-corrected chi connectivity index (χ2v) is 7.71. The van der Waals surface area contributed by atoms with Crippen LogP contribution in [0.3, 0.4) is 0 Å². The Hall–Kier alpha value is -2.04. The Labute approximate surface area is 176 Å². The predicted molar refractivity (Wildman–Crippen MR) is 115 cm³/mol. The molecule has 2 rings (SSSR count). The topological polar surface area (TPSA) is 49.4 Å². The summed E-state index contributed by atoms with van der Waals surface area (Å²) in [6, 6.07) is 12.5. The molecule has 0 spiro atoms. The minimum atomic E-state index is -0.580. The number of carbonyl (C=O) groups excluding carboxylic acids is 2. The number of hydrogen-bond donors (Lipinski definition) is 1. The lowest BCUT2D eigenvalue weighted by Crippen LogP contribution is -2.48. The van der Waals surface area contributed by atoms with E-state index in [0.717, 1.165) is 23.1 Å². The van der Waals surface area contributed by atoms with Gasteiger partial charge in [0, 0.05) is 13.1 Å². The molecule has 0 bridgehead atoms. The summed E-state index contributed by atoms with van der Waals surface area (Å²) in [5.74, 6) is -0.297. The van der Waals surface area contributed by atoms with Gasteiger partial charge in [0.25, 0.3) is 0 Å². The molecule has 0 aliphatic heterocycles. The Morgan fingerprint density at radius 2 is 1.68 bits per heavy atom. The molecular weight excluding hydrogens is 395 g/mol. The standard InChI is InChI=1S/C22H26Cl2N2O2/c1-4-11-25-22(28)16(3)26(14-17-7-5-15(2)6-8-17)21(27)13-18-9-10-19(23)20(24)12-18/h5-10,12,16H,4,11,13-14H2,1-3H3,(H,25,28)/t16-/m1/s1. The lowest BCUT2D eigenvalue weighted by atomic mass is 10.1. The second kappa shape index (κ2) is 10.5. The van der Waals surface area contributed by atoms with Crippen molar-refractivity contribution in [3.05, 3.63) is 69.2 Å². The lowest BCUT2D eigenvalue weighted by Gasteiger charge is -2.29. The Bertz CT molecular complexity index is 822. The molecule has 28 heavy (non-hydrogen) atoms. The predicted octanol–water partition coefficient (Wildman–Crippen LogP) is 4.79.